The molecule has 1 atom stereocenters. The van der Waals surface area contributed by atoms with Gasteiger partial charge in [-0.2, -0.15) is 0 Å². The minimum Gasteiger partial charge on any atom is -0.491 e. The van der Waals surface area contributed by atoms with Crippen LogP contribution in [0.25, 0.3) is 10.9 Å². The summed E-state index contributed by atoms with van der Waals surface area (Å²) in [6.07, 6.45) is 0.720. The van der Waals surface area contributed by atoms with Crippen LogP contribution >= 0.6 is 0 Å². The van der Waals surface area contributed by atoms with Crippen molar-refractivity contribution in [2.24, 2.45) is 0 Å². The largest absolute Gasteiger partial charge is 0.491 e. The molecular weight excluding hydrogens is 330 g/mol. The van der Waals surface area contributed by atoms with E-state index in [4.69, 9.17) is 4.74 Å². The Hall–Kier alpha value is -3.28. The van der Waals surface area contributed by atoms with Crippen molar-refractivity contribution < 1.29 is 14.3 Å². The lowest BCUT2D eigenvalue weighted by atomic mass is 10.0. The van der Waals surface area contributed by atoms with Gasteiger partial charge in [0.25, 0.3) is 5.91 Å². The second-order valence-corrected chi connectivity index (χ2v) is 6.34. The molecule has 4 rings (SSSR count). The number of hydrogen-bond acceptors (Lipinski definition) is 3. The molecule has 3 aromatic rings. The molecule has 1 unspecified atom stereocenters. The van der Waals surface area contributed by atoms with Gasteiger partial charge in [-0.1, -0.05) is 36.4 Å². The van der Waals surface area contributed by atoms with Crippen LogP contribution in [0.4, 0.5) is 0 Å². The predicted molar refractivity (Wildman–Crippen MR) is 98.2 cm³/mol. The lowest BCUT2D eigenvalue weighted by molar-refractivity contribution is -0.121. The number of benzene rings is 2. The Balaban J connectivity index is 1.31. The molecule has 0 radical (unpaired) electrons. The smallest absolute Gasteiger partial charge is 0.268 e. The third-order valence-corrected chi connectivity index (χ3v) is 4.43. The molecule has 0 bridgehead atoms. The van der Waals surface area contributed by atoms with Crippen LogP contribution in [-0.4, -0.2) is 36.0 Å². The van der Waals surface area contributed by atoms with E-state index in [9.17, 15) is 9.59 Å². The molecule has 0 saturated heterocycles. The Morgan fingerprint density at radius 3 is 2.81 bits per heavy atom. The topological polar surface area (TPSA) is 83.2 Å². The highest BCUT2D eigenvalue weighted by Gasteiger charge is 2.21. The Labute approximate surface area is 150 Å². The van der Waals surface area contributed by atoms with Crippen molar-refractivity contribution in [3.8, 4) is 5.75 Å². The van der Waals surface area contributed by atoms with Gasteiger partial charge in [-0.15, -0.1) is 0 Å². The van der Waals surface area contributed by atoms with Gasteiger partial charge < -0.3 is 20.4 Å². The summed E-state index contributed by atoms with van der Waals surface area (Å²) in [7, 11) is 0. The van der Waals surface area contributed by atoms with Gasteiger partial charge in [0.15, 0.2) is 0 Å². The zero-order valence-electron chi connectivity index (χ0n) is 14.1. The first kappa shape index (κ1) is 16.2. The third kappa shape index (κ3) is 3.39. The lowest BCUT2D eigenvalue weighted by Crippen LogP contribution is -2.46. The van der Waals surface area contributed by atoms with Gasteiger partial charge in [-0.05, 0) is 30.2 Å². The second-order valence-electron chi connectivity index (χ2n) is 6.34. The minimum absolute atomic E-state index is 0.0770. The van der Waals surface area contributed by atoms with E-state index in [-0.39, 0.29) is 24.4 Å². The van der Waals surface area contributed by atoms with Crippen molar-refractivity contribution in [2.45, 2.75) is 12.5 Å². The summed E-state index contributed by atoms with van der Waals surface area (Å²) in [5.74, 6) is 0.328. The van der Waals surface area contributed by atoms with E-state index in [2.05, 4.69) is 15.6 Å². The minimum atomic E-state index is -0.304. The van der Waals surface area contributed by atoms with Crippen LogP contribution in [-0.2, 0) is 11.2 Å². The fraction of sp³-hybridized carbons (Fsp3) is 0.200. The molecule has 0 fully saturated rings. The number of H-pyrrole nitrogens is 1. The number of aromatic nitrogens is 1. The number of aromatic amines is 1. The van der Waals surface area contributed by atoms with Gasteiger partial charge >= 0.3 is 0 Å². The number of para-hydroxylation sites is 2. The van der Waals surface area contributed by atoms with E-state index in [0.29, 0.717) is 12.3 Å². The van der Waals surface area contributed by atoms with Gasteiger partial charge in [0.1, 0.15) is 18.1 Å². The molecule has 1 aliphatic rings. The van der Waals surface area contributed by atoms with Crippen LogP contribution in [0.3, 0.4) is 0 Å². The zero-order valence-corrected chi connectivity index (χ0v) is 14.1. The summed E-state index contributed by atoms with van der Waals surface area (Å²) in [4.78, 5) is 27.4. The van der Waals surface area contributed by atoms with E-state index in [0.717, 1.165) is 28.6 Å². The van der Waals surface area contributed by atoms with Crippen molar-refractivity contribution in [3.05, 3.63) is 65.9 Å². The molecule has 2 aromatic carbocycles. The molecule has 0 saturated carbocycles. The van der Waals surface area contributed by atoms with E-state index in [1.165, 1.54) is 0 Å². The molecule has 26 heavy (non-hydrogen) atoms. The molecule has 2 heterocycles. The van der Waals surface area contributed by atoms with E-state index in [1.807, 2.05) is 48.5 Å². The molecule has 1 aliphatic heterocycles. The highest BCUT2D eigenvalue weighted by Crippen LogP contribution is 2.23. The number of carbonyl (C=O) groups excluding carboxylic acids is 2. The third-order valence-electron chi connectivity index (χ3n) is 4.43. The maximum atomic E-state index is 12.2. The first-order valence-corrected chi connectivity index (χ1v) is 8.55. The number of nitrogens with one attached hydrogen (secondary N) is 3. The van der Waals surface area contributed by atoms with Crippen molar-refractivity contribution in [2.75, 3.05) is 13.2 Å². The molecule has 0 aliphatic carbocycles. The predicted octanol–water partition coefficient (Wildman–Crippen LogP) is 2.02. The van der Waals surface area contributed by atoms with Crippen LogP contribution in [0.2, 0.25) is 0 Å². The Bertz CT molecular complexity index is 931. The van der Waals surface area contributed by atoms with E-state index in [1.54, 1.807) is 6.07 Å². The maximum absolute atomic E-state index is 12.2. The van der Waals surface area contributed by atoms with Crippen molar-refractivity contribution in [3.63, 3.8) is 0 Å². The molecular formula is C20H19N3O3. The number of rotatable bonds is 4. The number of hydrogen-bond donors (Lipinski definition) is 3. The standard InChI is InChI=1S/C20H19N3O3/c24-19(22-15-9-14-6-2-4-8-18(14)26-12-15)11-21-20(25)17-10-13-5-1-3-7-16(13)23-17/h1-8,10,15,23H,9,11-12H2,(H,21,25)(H,22,24). The fourth-order valence-electron chi connectivity index (χ4n) is 3.15. The van der Waals surface area contributed by atoms with E-state index < -0.39 is 0 Å². The van der Waals surface area contributed by atoms with Crippen molar-refractivity contribution >= 4 is 22.7 Å². The number of carbonyl (C=O) groups is 2. The Morgan fingerprint density at radius 1 is 1.12 bits per heavy atom. The summed E-state index contributed by atoms with van der Waals surface area (Å²) in [6.45, 7) is 0.352. The summed E-state index contributed by atoms with van der Waals surface area (Å²) < 4.78 is 5.66. The van der Waals surface area contributed by atoms with Crippen LogP contribution in [0, 0.1) is 0 Å². The second kappa shape index (κ2) is 6.92. The zero-order chi connectivity index (χ0) is 17.9. The molecule has 3 N–H and O–H groups in total. The number of fused-ring (bicyclic) bond motifs is 2. The number of ether oxygens (including phenoxy) is 1. The molecule has 6 heteroatoms. The van der Waals surface area contributed by atoms with Crippen molar-refractivity contribution in [1.29, 1.82) is 0 Å². The molecule has 132 valence electrons. The highest BCUT2D eigenvalue weighted by molar-refractivity contribution is 5.99. The molecule has 2 amide bonds. The maximum Gasteiger partial charge on any atom is 0.268 e. The average Bonchev–Trinajstić information content (AvgIpc) is 3.10. The van der Waals surface area contributed by atoms with Gasteiger partial charge in [-0.3, -0.25) is 9.59 Å². The van der Waals surface area contributed by atoms with Crippen LogP contribution in [0.1, 0.15) is 16.1 Å². The summed E-state index contributed by atoms with van der Waals surface area (Å²) >= 11 is 0. The molecule has 0 spiro atoms. The van der Waals surface area contributed by atoms with Gasteiger partial charge in [0, 0.05) is 10.9 Å². The summed E-state index contributed by atoms with van der Waals surface area (Å²) in [6, 6.07) is 17.1. The first-order valence-electron chi connectivity index (χ1n) is 8.55. The summed E-state index contributed by atoms with van der Waals surface area (Å²) in [5, 5.41) is 6.51. The SMILES string of the molecule is O=C(CNC(=O)c1cc2ccccc2[nH]1)NC1COc2ccccc2C1. The van der Waals surface area contributed by atoms with Gasteiger partial charge in [0.05, 0.1) is 12.6 Å². The average molecular weight is 349 g/mol. The lowest BCUT2D eigenvalue weighted by Gasteiger charge is -2.26. The Kier molecular flexibility index (Phi) is 4.31. The van der Waals surface area contributed by atoms with Crippen LogP contribution in [0.5, 0.6) is 5.75 Å². The van der Waals surface area contributed by atoms with Gasteiger partial charge in [0.2, 0.25) is 5.91 Å². The van der Waals surface area contributed by atoms with Crippen LogP contribution < -0.4 is 15.4 Å². The summed E-state index contributed by atoms with van der Waals surface area (Å²) in [5.41, 5.74) is 2.40. The fourth-order valence-corrected chi connectivity index (χ4v) is 3.15. The normalized spacial score (nSPS) is 15.8. The van der Waals surface area contributed by atoms with Gasteiger partial charge in [-0.25, -0.2) is 0 Å². The monoisotopic (exact) mass is 349 g/mol. The molecule has 1 aromatic heterocycles. The van der Waals surface area contributed by atoms with Crippen molar-refractivity contribution in [1.82, 2.24) is 15.6 Å². The quantitative estimate of drug-likeness (QED) is 0.674. The molecule has 6 nitrogen and oxygen atoms in total. The first-order chi connectivity index (χ1) is 12.7. The van der Waals surface area contributed by atoms with Crippen LogP contribution in [0.15, 0.2) is 54.6 Å². The highest BCUT2D eigenvalue weighted by atomic mass is 16.5. The Morgan fingerprint density at radius 2 is 1.92 bits per heavy atom. The van der Waals surface area contributed by atoms with E-state index >= 15 is 0 Å². The number of amides is 2.